The van der Waals surface area contributed by atoms with Crippen molar-refractivity contribution in [3.63, 3.8) is 0 Å². The van der Waals surface area contributed by atoms with E-state index in [4.69, 9.17) is 16.3 Å². The van der Waals surface area contributed by atoms with Crippen molar-refractivity contribution < 1.29 is 13.2 Å². The molecule has 2 heterocycles. The van der Waals surface area contributed by atoms with Crippen molar-refractivity contribution in [3.05, 3.63) is 52.8 Å². The molecule has 0 radical (unpaired) electrons. The number of halogens is 1. The lowest BCUT2D eigenvalue weighted by atomic mass is 10.1. The Kier molecular flexibility index (Phi) is 6.04. The maximum Gasteiger partial charge on any atom is 0.240 e. The van der Waals surface area contributed by atoms with Gasteiger partial charge in [-0.25, -0.2) is 13.1 Å². The number of nitrogens with zero attached hydrogens (tertiary/aromatic N) is 2. The van der Waals surface area contributed by atoms with Crippen LogP contribution in [0.4, 0.5) is 0 Å². The Balaban J connectivity index is 1.83. The van der Waals surface area contributed by atoms with Crippen LogP contribution in [0.15, 0.2) is 41.4 Å². The summed E-state index contributed by atoms with van der Waals surface area (Å²) in [5.41, 5.74) is 1.74. The van der Waals surface area contributed by atoms with Gasteiger partial charge in [0.05, 0.1) is 24.2 Å². The SMILES string of the molecule is Cc1ccc(Cl)cc1S(=O)(=O)NC[C@@H](c1cccn1C)N1CCOCC1. The molecule has 0 unspecified atom stereocenters. The van der Waals surface area contributed by atoms with Gasteiger partial charge in [-0.3, -0.25) is 4.90 Å². The summed E-state index contributed by atoms with van der Waals surface area (Å²) in [5.74, 6) is 0. The molecule has 1 aliphatic rings. The third kappa shape index (κ3) is 4.29. The number of morpholine rings is 1. The van der Waals surface area contributed by atoms with Crippen LogP contribution in [0.25, 0.3) is 0 Å². The van der Waals surface area contributed by atoms with Crippen molar-refractivity contribution >= 4 is 21.6 Å². The smallest absolute Gasteiger partial charge is 0.240 e. The lowest BCUT2D eigenvalue weighted by molar-refractivity contribution is 0.0158. The van der Waals surface area contributed by atoms with Crippen molar-refractivity contribution in [2.24, 2.45) is 7.05 Å². The van der Waals surface area contributed by atoms with Gasteiger partial charge in [-0.2, -0.15) is 0 Å². The summed E-state index contributed by atoms with van der Waals surface area (Å²) in [6.45, 7) is 4.90. The topological polar surface area (TPSA) is 63.6 Å². The summed E-state index contributed by atoms with van der Waals surface area (Å²) in [6.07, 6.45) is 1.97. The summed E-state index contributed by atoms with van der Waals surface area (Å²) in [4.78, 5) is 2.48. The molecule has 1 saturated heterocycles. The molecule has 142 valence electrons. The molecule has 1 aromatic heterocycles. The maximum absolute atomic E-state index is 12.8. The summed E-state index contributed by atoms with van der Waals surface area (Å²) < 4.78 is 35.9. The predicted molar refractivity (Wildman–Crippen MR) is 102 cm³/mol. The molecule has 2 aromatic rings. The molecular formula is C18H24ClN3O3S. The van der Waals surface area contributed by atoms with Crippen LogP contribution in [0.1, 0.15) is 17.3 Å². The molecule has 1 atom stereocenters. The van der Waals surface area contributed by atoms with E-state index < -0.39 is 10.0 Å². The zero-order chi connectivity index (χ0) is 18.7. The van der Waals surface area contributed by atoms with E-state index in [9.17, 15) is 8.42 Å². The fourth-order valence-corrected chi connectivity index (χ4v) is 4.80. The van der Waals surface area contributed by atoms with Gasteiger partial charge in [0.1, 0.15) is 0 Å². The number of sulfonamides is 1. The number of hydrogen-bond donors (Lipinski definition) is 1. The van der Waals surface area contributed by atoms with E-state index in [0.717, 1.165) is 18.8 Å². The second-order valence-electron chi connectivity index (χ2n) is 6.47. The minimum Gasteiger partial charge on any atom is -0.379 e. The van der Waals surface area contributed by atoms with E-state index in [1.165, 1.54) is 6.07 Å². The average molecular weight is 398 g/mol. The van der Waals surface area contributed by atoms with Gasteiger partial charge in [-0.15, -0.1) is 0 Å². The van der Waals surface area contributed by atoms with Gasteiger partial charge in [0.2, 0.25) is 10.0 Å². The molecule has 1 aromatic carbocycles. The van der Waals surface area contributed by atoms with Gasteiger partial charge in [0, 0.05) is 43.6 Å². The summed E-state index contributed by atoms with van der Waals surface area (Å²) in [5, 5.41) is 0.406. The Labute approximate surface area is 159 Å². The molecule has 26 heavy (non-hydrogen) atoms. The number of nitrogens with one attached hydrogen (secondary N) is 1. The predicted octanol–water partition coefficient (Wildman–Crippen LogP) is 2.34. The summed E-state index contributed by atoms with van der Waals surface area (Å²) >= 11 is 5.99. The Morgan fingerprint density at radius 2 is 2.00 bits per heavy atom. The van der Waals surface area contributed by atoms with E-state index in [1.54, 1.807) is 19.1 Å². The van der Waals surface area contributed by atoms with Crippen molar-refractivity contribution in [1.29, 1.82) is 0 Å². The molecule has 0 spiro atoms. The first kappa shape index (κ1) is 19.4. The van der Waals surface area contributed by atoms with Crippen LogP contribution in [0.5, 0.6) is 0 Å². The molecule has 1 aliphatic heterocycles. The molecule has 0 saturated carbocycles. The monoisotopic (exact) mass is 397 g/mol. The third-order valence-electron chi connectivity index (χ3n) is 4.72. The number of rotatable bonds is 6. The van der Waals surface area contributed by atoms with Crippen molar-refractivity contribution in [2.75, 3.05) is 32.8 Å². The summed E-state index contributed by atoms with van der Waals surface area (Å²) in [7, 11) is -1.68. The Morgan fingerprint density at radius 1 is 1.27 bits per heavy atom. The number of aromatic nitrogens is 1. The van der Waals surface area contributed by atoms with E-state index in [-0.39, 0.29) is 17.5 Å². The Hall–Kier alpha value is -1.38. The van der Waals surface area contributed by atoms with Crippen LogP contribution in [0.3, 0.4) is 0 Å². The fraction of sp³-hybridized carbons (Fsp3) is 0.444. The quantitative estimate of drug-likeness (QED) is 0.812. The first-order chi connectivity index (χ1) is 12.4. The Bertz CT molecular complexity index is 860. The zero-order valence-corrected chi connectivity index (χ0v) is 16.6. The van der Waals surface area contributed by atoms with Crippen LogP contribution < -0.4 is 4.72 Å². The standard InChI is InChI=1S/C18H24ClN3O3S/c1-14-5-6-15(19)12-18(14)26(23,24)20-13-17(16-4-3-7-21(16)2)22-8-10-25-11-9-22/h3-7,12,17,20H,8-11,13H2,1-2H3/t17-/m0/s1. The van der Waals surface area contributed by atoms with Crippen LogP contribution in [-0.4, -0.2) is 50.7 Å². The largest absolute Gasteiger partial charge is 0.379 e. The third-order valence-corrected chi connectivity index (χ3v) is 6.52. The van der Waals surface area contributed by atoms with Gasteiger partial charge in [0.15, 0.2) is 0 Å². The highest BCUT2D eigenvalue weighted by atomic mass is 35.5. The van der Waals surface area contributed by atoms with Crippen LogP contribution in [0, 0.1) is 6.92 Å². The van der Waals surface area contributed by atoms with Crippen molar-refractivity contribution in [1.82, 2.24) is 14.2 Å². The summed E-state index contributed by atoms with van der Waals surface area (Å²) in [6, 6.07) is 8.83. The van der Waals surface area contributed by atoms with E-state index in [1.807, 2.05) is 29.9 Å². The highest BCUT2D eigenvalue weighted by Gasteiger charge is 2.27. The van der Waals surface area contributed by atoms with Gasteiger partial charge in [-0.05, 0) is 36.8 Å². The highest BCUT2D eigenvalue weighted by Crippen LogP contribution is 2.24. The highest BCUT2D eigenvalue weighted by molar-refractivity contribution is 7.89. The fourth-order valence-electron chi connectivity index (χ4n) is 3.26. The molecular weight excluding hydrogens is 374 g/mol. The van der Waals surface area contributed by atoms with Crippen molar-refractivity contribution in [2.45, 2.75) is 17.9 Å². The molecule has 0 amide bonds. The van der Waals surface area contributed by atoms with Crippen LogP contribution in [0.2, 0.25) is 5.02 Å². The molecule has 3 rings (SSSR count). The molecule has 1 N–H and O–H groups in total. The number of ether oxygens (including phenoxy) is 1. The van der Waals surface area contributed by atoms with E-state index in [2.05, 4.69) is 9.62 Å². The van der Waals surface area contributed by atoms with Gasteiger partial charge in [-0.1, -0.05) is 17.7 Å². The normalized spacial score (nSPS) is 17.3. The van der Waals surface area contributed by atoms with E-state index >= 15 is 0 Å². The van der Waals surface area contributed by atoms with Crippen LogP contribution >= 0.6 is 11.6 Å². The number of aryl methyl sites for hydroxylation is 2. The first-order valence-corrected chi connectivity index (χ1v) is 10.4. The molecule has 8 heteroatoms. The number of hydrogen-bond acceptors (Lipinski definition) is 4. The zero-order valence-electron chi connectivity index (χ0n) is 15.0. The first-order valence-electron chi connectivity index (χ1n) is 8.57. The second-order valence-corrected chi connectivity index (χ2v) is 8.64. The number of benzene rings is 1. The lowest BCUT2D eigenvalue weighted by Gasteiger charge is -2.35. The maximum atomic E-state index is 12.8. The van der Waals surface area contributed by atoms with Gasteiger partial charge < -0.3 is 9.30 Å². The Morgan fingerprint density at radius 3 is 2.65 bits per heavy atom. The average Bonchev–Trinajstić information content (AvgIpc) is 3.04. The van der Waals surface area contributed by atoms with Gasteiger partial charge in [0.25, 0.3) is 0 Å². The minimum absolute atomic E-state index is 0.0619. The second kappa shape index (κ2) is 8.10. The minimum atomic E-state index is -3.65. The molecule has 0 aliphatic carbocycles. The van der Waals surface area contributed by atoms with E-state index in [0.29, 0.717) is 23.8 Å². The molecule has 6 nitrogen and oxygen atoms in total. The van der Waals surface area contributed by atoms with Crippen LogP contribution in [-0.2, 0) is 21.8 Å². The molecule has 1 fully saturated rings. The van der Waals surface area contributed by atoms with Gasteiger partial charge >= 0.3 is 0 Å². The van der Waals surface area contributed by atoms with Crippen molar-refractivity contribution in [3.8, 4) is 0 Å². The lowest BCUT2D eigenvalue weighted by Crippen LogP contribution is -2.44. The molecule has 0 bridgehead atoms.